The van der Waals surface area contributed by atoms with Crippen molar-refractivity contribution in [2.45, 2.75) is 56.9 Å². The van der Waals surface area contributed by atoms with E-state index in [-0.39, 0.29) is 0 Å². The summed E-state index contributed by atoms with van der Waals surface area (Å²) < 4.78 is 33.3. The molecule has 0 aliphatic carbocycles. The molecule has 0 radical (unpaired) electrons. The van der Waals surface area contributed by atoms with Gasteiger partial charge in [-0.2, -0.15) is 0 Å². The van der Waals surface area contributed by atoms with Gasteiger partial charge in [0.2, 0.25) is 0 Å². The molecule has 5 aromatic rings. The fourth-order valence-corrected chi connectivity index (χ4v) is 6.07. The lowest BCUT2D eigenvalue weighted by molar-refractivity contribution is -0.275. The molecule has 44 heavy (non-hydrogen) atoms. The quantitative estimate of drug-likeness (QED) is 0.130. The lowest BCUT2D eigenvalue weighted by atomic mass is 9.94. The van der Waals surface area contributed by atoms with Crippen molar-refractivity contribution in [1.29, 1.82) is 0 Å². The summed E-state index contributed by atoms with van der Waals surface area (Å²) in [6.45, 7) is 2.01. The third-order valence-electron chi connectivity index (χ3n) is 7.58. The highest BCUT2D eigenvalue weighted by molar-refractivity contribution is 7.09. The van der Waals surface area contributed by atoms with Crippen molar-refractivity contribution in [3.8, 4) is 0 Å². The highest BCUT2D eigenvalue weighted by atomic mass is 32.1. The summed E-state index contributed by atoms with van der Waals surface area (Å²) in [5.41, 5.74) is 4.32. The Balaban J connectivity index is 1.31. The Morgan fingerprint density at radius 2 is 1.00 bits per heavy atom. The van der Waals surface area contributed by atoms with Crippen LogP contribution in [0.3, 0.4) is 0 Å². The highest BCUT2D eigenvalue weighted by Gasteiger charge is 2.49. The molecule has 0 amide bonds. The van der Waals surface area contributed by atoms with Crippen LogP contribution in [0.5, 0.6) is 0 Å². The van der Waals surface area contributed by atoms with E-state index in [1.807, 2.05) is 78.2 Å². The second-order valence-electron chi connectivity index (χ2n) is 10.7. The molecule has 1 aromatic heterocycles. The van der Waals surface area contributed by atoms with Crippen molar-refractivity contribution in [2.24, 2.45) is 0 Å². The van der Waals surface area contributed by atoms with Crippen LogP contribution in [0.15, 0.2) is 133 Å². The number of hydrogen-bond donors (Lipinski definition) is 0. The van der Waals surface area contributed by atoms with Crippen LogP contribution < -0.4 is 0 Å². The van der Waals surface area contributed by atoms with Crippen molar-refractivity contribution in [1.82, 2.24) is 4.98 Å². The molecule has 0 N–H and O–H groups in total. The van der Waals surface area contributed by atoms with Crippen LogP contribution in [0.2, 0.25) is 0 Å². The Hall–Kier alpha value is -3.69. The molecule has 1 aliphatic heterocycles. The smallest absolute Gasteiger partial charge is 0.138 e. The van der Waals surface area contributed by atoms with Crippen molar-refractivity contribution in [3.05, 3.63) is 160 Å². The number of hydrogen-bond acceptors (Lipinski definition) is 7. The van der Waals surface area contributed by atoms with Crippen molar-refractivity contribution >= 4 is 11.3 Å². The topological polar surface area (TPSA) is 59.0 Å². The summed E-state index contributed by atoms with van der Waals surface area (Å²) in [6.07, 6.45) is -0.482. The number of aromatic nitrogens is 1. The third-order valence-corrected chi connectivity index (χ3v) is 8.42. The van der Waals surface area contributed by atoms with E-state index in [4.69, 9.17) is 23.7 Å². The van der Waals surface area contributed by atoms with E-state index in [2.05, 4.69) is 53.5 Å². The largest absolute Gasteiger partial charge is 0.374 e. The molecule has 2 heterocycles. The van der Waals surface area contributed by atoms with Crippen molar-refractivity contribution < 1.29 is 23.7 Å². The van der Waals surface area contributed by atoms with E-state index in [1.54, 1.807) is 17.5 Å². The van der Waals surface area contributed by atoms with Crippen LogP contribution in [-0.2, 0) is 50.1 Å². The molecule has 0 spiro atoms. The molecular weight excluding hydrogens is 570 g/mol. The van der Waals surface area contributed by atoms with Crippen LogP contribution in [0.1, 0.15) is 33.4 Å². The first-order valence-electron chi connectivity index (χ1n) is 15.0. The predicted octanol–water partition coefficient (Wildman–Crippen LogP) is 7.56. The number of ether oxygens (including phenoxy) is 5. The molecule has 0 bridgehead atoms. The zero-order valence-corrected chi connectivity index (χ0v) is 25.3. The molecule has 7 heteroatoms. The maximum atomic E-state index is 6.85. The average Bonchev–Trinajstić information content (AvgIpc) is 3.63. The normalized spacial score (nSPS) is 21.7. The molecule has 1 aliphatic rings. The average molecular weight is 608 g/mol. The first-order chi connectivity index (χ1) is 21.8. The van der Waals surface area contributed by atoms with E-state index in [0.29, 0.717) is 33.0 Å². The molecule has 226 valence electrons. The molecule has 0 saturated carbocycles. The Kier molecular flexibility index (Phi) is 10.9. The highest BCUT2D eigenvalue weighted by Crippen LogP contribution is 2.39. The minimum atomic E-state index is -0.476. The number of nitrogens with zero attached hydrogens (tertiary/aromatic N) is 1. The summed E-state index contributed by atoms with van der Waals surface area (Å²) in [4.78, 5) is 4.66. The van der Waals surface area contributed by atoms with Gasteiger partial charge in [0, 0.05) is 11.6 Å². The van der Waals surface area contributed by atoms with E-state index in [9.17, 15) is 0 Å². The Labute approximate surface area is 263 Å². The van der Waals surface area contributed by atoms with Crippen LogP contribution in [-0.4, -0.2) is 36.0 Å². The van der Waals surface area contributed by atoms with Gasteiger partial charge in [-0.1, -0.05) is 121 Å². The van der Waals surface area contributed by atoms with Crippen LogP contribution in [0, 0.1) is 0 Å². The molecule has 1 fully saturated rings. The SMILES string of the molecule is c1ccc(COC[C@H]2O[C@H](c3nccs3)[C@H](OCc3ccccc3)[C@@H](OCc3ccccc3)[C@H]2OCc2ccccc2)cc1. The predicted molar refractivity (Wildman–Crippen MR) is 171 cm³/mol. The fourth-order valence-electron chi connectivity index (χ4n) is 5.36. The lowest BCUT2D eigenvalue weighted by Gasteiger charge is -2.45. The Bertz CT molecular complexity index is 1490. The molecule has 5 atom stereocenters. The van der Waals surface area contributed by atoms with Gasteiger partial charge in [-0.25, -0.2) is 4.98 Å². The third kappa shape index (κ3) is 8.27. The van der Waals surface area contributed by atoms with Gasteiger partial charge in [0.05, 0.1) is 33.0 Å². The molecule has 4 aromatic carbocycles. The van der Waals surface area contributed by atoms with E-state index in [0.717, 1.165) is 27.3 Å². The maximum absolute atomic E-state index is 6.85. The summed E-state index contributed by atoms with van der Waals surface area (Å²) in [6, 6.07) is 40.7. The summed E-state index contributed by atoms with van der Waals surface area (Å²) in [7, 11) is 0. The molecule has 6 nitrogen and oxygen atoms in total. The number of benzene rings is 4. The number of thiazole rings is 1. The van der Waals surface area contributed by atoms with Crippen molar-refractivity contribution in [3.63, 3.8) is 0 Å². The zero-order chi connectivity index (χ0) is 29.8. The van der Waals surface area contributed by atoms with Gasteiger partial charge in [-0.15, -0.1) is 11.3 Å². The second kappa shape index (κ2) is 15.9. The number of rotatable bonds is 14. The standard InChI is InChI=1S/C37H37NO5S/c1-5-13-28(14-6-1)23-39-27-32-33(40-24-29-15-7-2-8-16-29)34(41-25-30-17-9-3-10-18-30)35(36(43-32)37-38-21-22-44-37)42-26-31-19-11-4-12-20-31/h1-22,32-36H,23-27H2/t32-,33+,34+,35-,36+/m1/s1. The van der Waals surface area contributed by atoms with E-state index >= 15 is 0 Å². The minimum Gasteiger partial charge on any atom is -0.374 e. The van der Waals surface area contributed by atoms with E-state index in [1.165, 1.54) is 0 Å². The first kappa shape index (κ1) is 30.3. The minimum absolute atomic E-state index is 0.326. The van der Waals surface area contributed by atoms with Gasteiger partial charge < -0.3 is 23.7 Å². The second-order valence-corrected chi connectivity index (χ2v) is 11.7. The van der Waals surface area contributed by atoms with Gasteiger partial charge in [0.25, 0.3) is 0 Å². The van der Waals surface area contributed by atoms with Crippen LogP contribution in [0.25, 0.3) is 0 Å². The van der Waals surface area contributed by atoms with Gasteiger partial charge in [0.1, 0.15) is 35.5 Å². The van der Waals surface area contributed by atoms with Crippen LogP contribution >= 0.6 is 11.3 Å². The molecule has 0 unspecified atom stereocenters. The molecule has 6 rings (SSSR count). The lowest BCUT2D eigenvalue weighted by Crippen LogP contribution is -2.58. The Morgan fingerprint density at radius 1 is 0.545 bits per heavy atom. The van der Waals surface area contributed by atoms with Gasteiger partial charge >= 0.3 is 0 Å². The summed E-state index contributed by atoms with van der Waals surface area (Å²) in [5.74, 6) is 0. The Morgan fingerprint density at radius 3 is 1.48 bits per heavy atom. The maximum Gasteiger partial charge on any atom is 0.138 e. The monoisotopic (exact) mass is 607 g/mol. The summed E-state index contributed by atoms with van der Waals surface area (Å²) >= 11 is 1.55. The fraction of sp³-hybridized carbons (Fsp3) is 0.270. The van der Waals surface area contributed by atoms with Crippen LogP contribution in [0.4, 0.5) is 0 Å². The van der Waals surface area contributed by atoms with Gasteiger partial charge in [-0.3, -0.25) is 0 Å². The van der Waals surface area contributed by atoms with Gasteiger partial charge in [-0.05, 0) is 22.3 Å². The molecular formula is C37H37NO5S. The first-order valence-corrected chi connectivity index (χ1v) is 15.8. The summed E-state index contributed by atoms with van der Waals surface area (Å²) in [5, 5.41) is 2.80. The zero-order valence-electron chi connectivity index (χ0n) is 24.5. The van der Waals surface area contributed by atoms with Crippen molar-refractivity contribution in [2.75, 3.05) is 6.61 Å². The van der Waals surface area contributed by atoms with Gasteiger partial charge in [0.15, 0.2) is 0 Å². The van der Waals surface area contributed by atoms with E-state index < -0.39 is 30.5 Å². The molecule has 1 saturated heterocycles.